The average molecular weight is 386 g/mol. The molecule has 0 radical (unpaired) electrons. The quantitative estimate of drug-likeness (QED) is 0.870. The van der Waals surface area contributed by atoms with Gasteiger partial charge in [0.1, 0.15) is 5.75 Å². The van der Waals surface area contributed by atoms with Crippen LogP contribution >= 0.6 is 11.6 Å². The maximum absolute atomic E-state index is 12.5. The molecule has 27 heavy (non-hydrogen) atoms. The highest BCUT2D eigenvalue weighted by atomic mass is 35.5. The highest BCUT2D eigenvalue weighted by molar-refractivity contribution is 6.31. The van der Waals surface area contributed by atoms with Gasteiger partial charge in [0, 0.05) is 49.9 Å². The maximum atomic E-state index is 12.5. The second kappa shape index (κ2) is 7.79. The zero-order valence-corrected chi connectivity index (χ0v) is 16.3. The normalized spacial score (nSPS) is 16.7. The molecule has 2 aliphatic rings. The standard InChI is InChI=1S/C21H24ClN3O2/c1-15-2-4-18(13-19(15)22)23-21(26)25-9-7-24(8-10-25)14-16-3-5-20-17(12-16)6-11-27-20/h2-5,12-13H,6-11,14H2,1H3,(H,23,26). The minimum absolute atomic E-state index is 0.0655. The van der Waals surface area contributed by atoms with Crippen molar-refractivity contribution in [2.45, 2.75) is 19.9 Å². The molecule has 1 saturated heterocycles. The molecule has 0 saturated carbocycles. The number of amides is 2. The summed E-state index contributed by atoms with van der Waals surface area (Å²) in [6.07, 6.45) is 1.00. The molecule has 6 heteroatoms. The third-order valence-corrected chi connectivity index (χ3v) is 5.65. The van der Waals surface area contributed by atoms with E-state index < -0.39 is 0 Å². The third-order valence-electron chi connectivity index (χ3n) is 5.24. The van der Waals surface area contributed by atoms with Gasteiger partial charge in [-0.2, -0.15) is 0 Å². The van der Waals surface area contributed by atoms with Crippen LogP contribution in [0.2, 0.25) is 5.02 Å². The van der Waals surface area contributed by atoms with Crippen molar-refractivity contribution in [2.24, 2.45) is 0 Å². The van der Waals surface area contributed by atoms with Crippen molar-refractivity contribution in [3.05, 3.63) is 58.1 Å². The fourth-order valence-corrected chi connectivity index (χ4v) is 3.76. The Balaban J connectivity index is 1.29. The number of hydrogen-bond donors (Lipinski definition) is 1. The minimum atomic E-state index is -0.0655. The van der Waals surface area contributed by atoms with Crippen molar-refractivity contribution in [1.29, 1.82) is 0 Å². The number of carbonyl (C=O) groups excluding carboxylic acids is 1. The van der Waals surface area contributed by atoms with Crippen molar-refractivity contribution in [3.63, 3.8) is 0 Å². The van der Waals surface area contributed by atoms with Gasteiger partial charge >= 0.3 is 6.03 Å². The number of anilines is 1. The van der Waals surface area contributed by atoms with Gasteiger partial charge < -0.3 is 15.0 Å². The number of ether oxygens (including phenoxy) is 1. The largest absolute Gasteiger partial charge is 0.493 e. The van der Waals surface area contributed by atoms with Gasteiger partial charge in [-0.25, -0.2) is 4.79 Å². The minimum Gasteiger partial charge on any atom is -0.493 e. The molecule has 4 rings (SSSR count). The molecule has 142 valence electrons. The van der Waals surface area contributed by atoms with E-state index in [2.05, 4.69) is 28.4 Å². The number of piperazine rings is 1. The van der Waals surface area contributed by atoms with Crippen LogP contribution in [0.3, 0.4) is 0 Å². The fraction of sp³-hybridized carbons (Fsp3) is 0.381. The molecule has 0 atom stereocenters. The molecule has 2 aromatic carbocycles. The van der Waals surface area contributed by atoms with Gasteiger partial charge in [-0.15, -0.1) is 0 Å². The van der Waals surface area contributed by atoms with E-state index in [0.717, 1.165) is 62.8 Å². The van der Waals surface area contributed by atoms with Crippen molar-refractivity contribution >= 4 is 23.3 Å². The summed E-state index contributed by atoms with van der Waals surface area (Å²) in [5.41, 5.74) is 4.36. The van der Waals surface area contributed by atoms with E-state index in [1.54, 1.807) is 6.07 Å². The van der Waals surface area contributed by atoms with Crippen molar-refractivity contribution in [3.8, 4) is 5.75 Å². The van der Waals surface area contributed by atoms with Gasteiger partial charge in [-0.3, -0.25) is 4.90 Å². The molecule has 2 aromatic rings. The number of hydrogen-bond acceptors (Lipinski definition) is 3. The molecule has 0 bridgehead atoms. The van der Waals surface area contributed by atoms with Gasteiger partial charge in [-0.05, 0) is 41.8 Å². The number of nitrogens with zero attached hydrogens (tertiary/aromatic N) is 2. The first kappa shape index (κ1) is 18.1. The van der Waals surface area contributed by atoms with E-state index >= 15 is 0 Å². The van der Waals surface area contributed by atoms with Crippen LogP contribution in [0.15, 0.2) is 36.4 Å². The third kappa shape index (κ3) is 4.20. The summed E-state index contributed by atoms with van der Waals surface area (Å²) in [7, 11) is 0. The summed E-state index contributed by atoms with van der Waals surface area (Å²) >= 11 is 6.13. The summed E-state index contributed by atoms with van der Waals surface area (Å²) in [6.45, 7) is 6.83. The number of urea groups is 1. The molecule has 2 aliphatic heterocycles. The van der Waals surface area contributed by atoms with Crippen molar-refractivity contribution < 1.29 is 9.53 Å². The Morgan fingerprint density at radius 3 is 2.74 bits per heavy atom. The fourth-order valence-electron chi connectivity index (χ4n) is 3.58. The van der Waals surface area contributed by atoms with E-state index in [1.807, 2.05) is 24.0 Å². The molecule has 0 spiro atoms. The molecule has 0 aliphatic carbocycles. The zero-order valence-electron chi connectivity index (χ0n) is 15.5. The zero-order chi connectivity index (χ0) is 18.8. The van der Waals surface area contributed by atoms with Gasteiger partial charge in [0.2, 0.25) is 0 Å². The molecule has 1 N–H and O–H groups in total. The summed E-state index contributed by atoms with van der Waals surface area (Å²) in [4.78, 5) is 16.8. The lowest BCUT2D eigenvalue weighted by Gasteiger charge is -2.34. The lowest BCUT2D eigenvalue weighted by atomic mass is 10.1. The van der Waals surface area contributed by atoms with Crippen LogP contribution in [0.25, 0.3) is 0 Å². The molecule has 5 nitrogen and oxygen atoms in total. The van der Waals surface area contributed by atoms with Gasteiger partial charge in [0.05, 0.1) is 6.61 Å². The molecular formula is C21H24ClN3O2. The summed E-state index contributed by atoms with van der Waals surface area (Å²) in [5, 5.41) is 3.61. The first-order chi connectivity index (χ1) is 13.1. The van der Waals surface area contributed by atoms with E-state index in [4.69, 9.17) is 16.3 Å². The molecule has 0 unspecified atom stereocenters. The summed E-state index contributed by atoms with van der Waals surface area (Å²) < 4.78 is 5.57. The van der Waals surface area contributed by atoms with Crippen molar-refractivity contribution in [1.82, 2.24) is 9.80 Å². The lowest BCUT2D eigenvalue weighted by Crippen LogP contribution is -2.49. The van der Waals surface area contributed by atoms with Crippen molar-refractivity contribution in [2.75, 3.05) is 38.1 Å². The first-order valence-corrected chi connectivity index (χ1v) is 9.75. The number of halogens is 1. The molecule has 1 fully saturated rings. The van der Waals surface area contributed by atoms with Crippen LogP contribution < -0.4 is 10.1 Å². The second-order valence-corrected chi connectivity index (χ2v) is 7.61. The summed E-state index contributed by atoms with van der Waals surface area (Å²) in [6, 6.07) is 12.0. The highest BCUT2D eigenvalue weighted by Gasteiger charge is 2.22. The van der Waals surface area contributed by atoms with E-state index in [0.29, 0.717) is 5.02 Å². The number of benzene rings is 2. The first-order valence-electron chi connectivity index (χ1n) is 9.37. The molecular weight excluding hydrogens is 362 g/mol. The second-order valence-electron chi connectivity index (χ2n) is 7.20. The number of fused-ring (bicyclic) bond motifs is 1. The van der Waals surface area contributed by atoms with Crippen LogP contribution in [-0.4, -0.2) is 48.6 Å². The Morgan fingerprint density at radius 1 is 1.15 bits per heavy atom. The average Bonchev–Trinajstić information content (AvgIpc) is 3.13. The Bertz CT molecular complexity index is 847. The smallest absolute Gasteiger partial charge is 0.321 e. The number of carbonyl (C=O) groups is 1. The number of rotatable bonds is 3. The van der Waals surface area contributed by atoms with E-state index in [9.17, 15) is 4.79 Å². The number of aryl methyl sites for hydroxylation is 1. The van der Waals surface area contributed by atoms with Crippen LogP contribution in [-0.2, 0) is 13.0 Å². The number of nitrogens with one attached hydrogen (secondary N) is 1. The van der Waals surface area contributed by atoms with Crippen LogP contribution in [0, 0.1) is 6.92 Å². The van der Waals surface area contributed by atoms with E-state index in [1.165, 1.54) is 11.1 Å². The van der Waals surface area contributed by atoms with Crippen LogP contribution in [0.5, 0.6) is 5.75 Å². The van der Waals surface area contributed by atoms with Gasteiger partial charge in [0.25, 0.3) is 0 Å². The Hall–Kier alpha value is -2.24. The predicted molar refractivity (Wildman–Crippen MR) is 108 cm³/mol. The monoisotopic (exact) mass is 385 g/mol. The Kier molecular flexibility index (Phi) is 5.23. The molecule has 0 aromatic heterocycles. The lowest BCUT2D eigenvalue weighted by molar-refractivity contribution is 0.143. The highest BCUT2D eigenvalue weighted by Crippen LogP contribution is 2.26. The van der Waals surface area contributed by atoms with E-state index in [-0.39, 0.29) is 6.03 Å². The Morgan fingerprint density at radius 2 is 1.96 bits per heavy atom. The Labute approximate surface area is 164 Å². The van der Waals surface area contributed by atoms with Crippen LogP contribution in [0.1, 0.15) is 16.7 Å². The van der Waals surface area contributed by atoms with Gasteiger partial charge in [-0.1, -0.05) is 29.8 Å². The van der Waals surface area contributed by atoms with Crippen LogP contribution in [0.4, 0.5) is 10.5 Å². The molecule has 2 heterocycles. The SMILES string of the molecule is Cc1ccc(NC(=O)N2CCN(Cc3ccc4c(c3)CCO4)CC2)cc1Cl. The van der Waals surface area contributed by atoms with Gasteiger partial charge in [0.15, 0.2) is 0 Å². The molecule has 2 amide bonds. The summed E-state index contributed by atoms with van der Waals surface area (Å²) in [5.74, 6) is 1.02. The topological polar surface area (TPSA) is 44.8 Å². The maximum Gasteiger partial charge on any atom is 0.321 e. The predicted octanol–water partition coefficient (Wildman–Crippen LogP) is 3.93.